The number of nitrogens with zero attached hydrogens (tertiary/aromatic N) is 1. The maximum Gasteiger partial charge on any atom is 0.125 e. The van der Waals surface area contributed by atoms with Crippen molar-refractivity contribution in [2.75, 3.05) is 0 Å². The summed E-state index contributed by atoms with van der Waals surface area (Å²) in [5.74, 6) is 0.239. The molecule has 0 spiro atoms. The summed E-state index contributed by atoms with van der Waals surface area (Å²) in [4.78, 5) is 4.59. The van der Waals surface area contributed by atoms with Gasteiger partial charge in [0.05, 0.1) is 10.2 Å². The normalized spacial score (nSPS) is 12.8. The van der Waals surface area contributed by atoms with Crippen LogP contribution >= 0.6 is 27.3 Å². The fourth-order valence-electron chi connectivity index (χ4n) is 3.01. The maximum absolute atomic E-state index is 10.6. The molecule has 4 aromatic rings. The molecule has 0 aliphatic carbocycles. The molecule has 24 heavy (non-hydrogen) atoms. The predicted octanol–water partition coefficient (Wildman–Crippen LogP) is 5.60. The Balaban J connectivity index is 2.08. The zero-order valence-corrected chi connectivity index (χ0v) is 15.4. The van der Waals surface area contributed by atoms with Gasteiger partial charge in [-0.3, -0.25) is 4.98 Å². The molecule has 120 valence electrons. The Morgan fingerprint density at radius 3 is 2.67 bits per heavy atom. The SMILES string of the molecule is C[C@@H](N)c1ccc(-c2c(O)cc(Br)c3ncc4sccc4c23)cc1. The maximum atomic E-state index is 10.6. The molecule has 0 aliphatic heterocycles. The first-order valence-electron chi connectivity index (χ1n) is 7.59. The number of rotatable bonds is 2. The van der Waals surface area contributed by atoms with E-state index >= 15 is 0 Å². The molecule has 4 rings (SSSR count). The van der Waals surface area contributed by atoms with Crippen LogP contribution in [0.5, 0.6) is 5.75 Å². The van der Waals surface area contributed by atoms with Crippen LogP contribution in [0.1, 0.15) is 18.5 Å². The zero-order chi connectivity index (χ0) is 16.8. The summed E-state index contributed by atoms with van der Waals surface area (Å²) in [6.45, 7) is 1.96. The molecule has 3 N–H and O–H groups in total. The van der Waals surface area contributed by atoms with Crippen molar-refractivity contribution in [1.29, 1.82) is 0 Å². The summed E-state index contributed by atoms with van der Waals surface area (Å²) >= 11 is 5.17. The lowest BCUT2D eigenvalue weighted by Gasteiger charge is -2.13. The van der Waals surface area contributed by atoms with Crippen LogP contribution in [0.15, 0.2) is 52.4 Å². The number of benzene rings is 2. The molecule has 0 unspecified atom stereocenters. The summed E-state index contributed by atoms with van der Waals surface area (Å²) in [6.07, 6.45) is 1.88. The Labute approximate surface area is 151 Å². The van der Waals surface area contributed by atoms with E-state index in [1.165, 1.54) is 0 Å². The van der Waals surface area contributed by atoms with Crippen LogP contribution in [0, 0.1) is 0 Å². The van der Waals surface area contributed by atoms with Crippen LogP contribution < -0.4 is 5.73 Å². The highest BCUT2D eigenvalue weighted by Gasteiger charge is 2.17. The number of fused-ring (bicyclic) bond motifs is 3. The van der Waals surface area contributed by atoms with Gasteiger partial charge in [0.15, 0.2) is 0 Å². The molecule has 2 aromatic carbocycles. The molecule has 2 heterocycles. The minimum Gasteiger partial charge on any atom is -0.507 e. The van der Waals surface area contributed by atoms with Gasteiger partial charge in [-0.1, -0.05) is 24.3 Å². The van der Waals surface area contributed by atoms with Crippen LogP contribution in [0.4, 0.5) is 0 Å². The van der Waals surface area contributed by atoms with Crippen molar-refractivity contribution < 1.29 is 5.11 Å². The van der Waals surface area contributed by atoms with Crippen molar-refractivity contribution in [2.24, 2.45) is 5.73 Å². The van der Waals surface area contributed by atoms with Gasteiger partial charge in [-0.2, -0.15) is 0 Å². The second-order valence-electron chi connectivity index (χ2n) is 5.84. The average Bonchev–Trinajstić information content (AvgIpc) is 3.04. The van der Waals surface area contributed by atoms with E-state index in [0.29, 0.717) is 0 Å². The van der Waals surface area contributed by atoms with Gasteiger partial charge < -0.3 is 10.8 Å². The summed E-state index contributed by atoms with van der Waals surface area (Å²) in [5, 5.41) is 14.8. The van der Waals surface area contributed by atoms with Gasteiger partial charge in [-0.05, 0) is 51.5 Å². The van der Waals surface area contributed by atoms with Crippen molar-refractivity contribution in [2.45, 2.75) is 13.0 Å². The average molecular weight is 399 g/mol. The molecule has 0 saturated carbocycles. The predicted molar refractivity (Wildman–Crippen MR) is 105 cm³/mol. The molecular formula is C19H15BrN2OS. The Morgan fingerprint density at radius 2 is 1.96 bits per heavy atom. The van der Waals surface area contributed by atoms with Gasteiger partial charge in [0, 0.05) is 33.0 Å². The molecular weight excluding hydrogens is 384 g/mol. The molecule has 0 fully saturated rings. The first kappa shape index (κ1) is 15.6. The highest BCUT2D eigenvalue weighted by Crippen LogP contribution is 2.43. The van der Waals surface area contributed by atoms with E-state index in [-0.39, 0.29) is 11.8 Å². The molecule has 0 saturated heterocycles. The molecule has 1 atom stereocenters. The molecule has 3 nitrogen and oxygen atoms in total. The topological polar surface area (TPSA) is 59.1 Å². The largest absolute Gasteiger partial charge is 0.507 e. The second kappa shape index (κ2) is 5.84. The fraction of sp³-hybridized carbons (Fsp3) is 0.105. The minimum atomic E-state index is -0.0143. The third-order valence-electron chi connectivity index (χ3n) is 4.23. The van der Waals surface area contributed by atoms with Gasteiger partial charge in [0.25, 0.3) is 0 Å². The minimum absolute atomic E-state index is 0.0143. The lowest BCUT2D eigenvalue weighted by atomic mass is 9.96. The number of phenols is 1. The van der Waals surface area contributed by atoms with Crippen LogP contribution in [-0.4, -0.2) is 10.1 Å². The monoisotopic (exact) mass is 398 g/mol. The van der Waals surface area contributed by atoms with Gasteiger partial charge in [-0.25, -0.2) is 0 Å². The molecule has 5 heteroatoms. The Morgan fingerprint density at radius 1 is 1.21 bits per heavy atom. The highest BCUT2D eigenvalue weighted by atomic mass is 79.9. The van der Waals surface area contributed by atoms with Crippen molar-refractivity contribution in [3.05, 3.63) is 58.0 Å². The Bertz CT molecular complexity index is 1050. The molecule has 0 bridgehead atoms. The van der Waals surface area contributed by atoms with Crippen molar-refractivity contribution in [3.63, 3.8) is 0 Å². The summed E-state index contributed by atoms with van der Waals surface area (Å²) in [6, 6.07) is 11.8. The van der Waals surface area contributed by atoms with Gasteiger partial charge in [0.2, 0.25) is 0 Å². The van der Waals surface area contributed by atoms with Gasteiger partial charge >= 0.3 is 0 Å². The standard InChI is InChI=1S/C19H15BrN2OS/c1-10(21)11-2-4-12(5-3-11)17-15(23)8-14(20)19-18(17)13-6-7-24-16(13)9-22-19/h2-10,23H,21H2,1H3/t10-/m1/s1. The van der Waals surface area contributed by atoms with Crippen LogP contribution in [0.25, 0.3) is 32.1 Å². The van der Waals surface area contributed by atoms with E-state index in [4.69, 9.17) is 5.73 Å². The third kappa shape index (κ3) is 2.40. The van der Waals surface area contributed by atoms with E-state index in [2.05, 4.69) is 27.0 Å². The van der Waals surface area contributed by atoms with Gasteiger partial charge in [-0.15, -0.1) is 11.3 Å². The third-order valence-corrected chi connectivity index (χ3v) is 5.69. The first-order valence-corrected chi connectivity index (χ1v) is 9.27. The number of hydrogen-bond donors (Lipinski definition) is 2. The highest BCUT2D eigenvalue weighted by molar-refractivity contribution is 9.10. The van der Waals surface area contributed by atoms with Crippen LogP contribution in [-0.2, 0) is 0 Å². The number of aromatic hydroxyl groups is 1. The lowest BCUT2D eigenvalue weighted by molar-refractivity contribution is 0.478. The lowest BCUT2D eigenvalue weighted by Crippen LogP contribution is -2.04. The van der Waals surface area contributed by atoms with E-state index in [1.807, 2.05) is 42.8 Å². The van der Waals surface area contributed by atoms with Crippen LogP contribution in [0.2, 0.25) is 0 Å². The van der Waals surface area contributed by atoms with E-state index in [0.717, 1.165) is 42.2 Å². The number of nitrogens with two attached hydrogens (primary N) is 1. The summed E-state index contributed by atoms with van der Waals surface area (Å²) < 4.78 is 1.90. The number of hydrogen-bond acceptors (Lipinski definition) is 4. The van der Waals surface area contributed by atoms with E-state index < -0.39 is 0 Å². The number of thiophene rings is 1. The zero-order valence-electron chi connectivity index (χ0n) is 13.0. The summed E-state index contributed by atoms with van der Waals surface area (Å²) in [7, 11) is 0. The van der Waals surface area contributed by atoms with Crippen molar-refractivity contribution in [1.82, 2.24) is 4.98 Å². The fourth-order valence-corrected chi connectivity index (χ4v) is 4.29. The van der Waals surface area contributed by atoms with Crippen molar-refractivity contribution >= 4 is 48.3 Å². The molecule has 0 radical (unpaired) electrons. The number of pyridine rings is 1. The number of phenolic OH excluding ortho intramolecular Hbond substituents is 1. The number of halogens is 1. The van der Waals surface area contributed by atoms with E-state index in [9.17, 15) is 5.11 Å². The van der Waals surface area contributed by atoms with E-state index in [1.54, 1.807) is 17.4 Å². The Hall–Kier alpha value is -1.95. The summed E-state index contributed by atoms with van der Waals surface area (Å²) in [5.41, 5.74) is 9.62. The first-order chi connectivity index (χ1) is 11.6. The number of aromatic nitrogens is 1. The second-order valence-corrected chi connectivity index (χ2v) is 7.65. The molecule has 0 aliphatic rings. The van der Waals surface area contributed by atoms with Crippen LogP contribution in [0.3, 0.4) is 0 Å². The smallest absolute Gasteiger partial charge is 0.125 e. The van der Waals surface area contributed by atoms with Crippen molar-refractivity contribution in [3.8, 4) is 16.9 Å². The Kier molecular flexibility index (Phi) is 3.79. The molecule has 0 amide bonds. The van der Waals surface area contributed by atoms with Gasteiger partial charge in [0.1, 0.15) is 5.75 Å². The molecule has 2 aromatic heterocycles. The quantitative estimate of drug-likeness (QED) is 0.461.